The summed E-state index contributed by atoms with van der Waals surface area (Å²) in [4.78, 5) is 16.9. The summed E-state index contributed by atoms with van der Waals surface area (Å²) >= 11 is 0. The minimum atomic E-state index is -0.343. The Morgan fingerprint density at radius 1 is 1.07 bits per heavy atom. The Labute approximate surface area is 166 Å². The van der Waals surface area contributed by atoms with Gasteiger partial charge in [0.05, 0.1) is 18.4 Å². The highest BCUT2D eigenvalue weighted by molar-refractivity contribution is 6.08. The van der Waals surface area contributed by atoms with Crippen molar-refractivity contribution in [1.82, 2.24) is 14.8 Å². The van der Waals surface area contributed by atoms with Crippen LogP contribution < -0.4 is 10.1 Å². The Balaban J connectivity index is 1.78. The number of amides is 1. The molecule has 0 radical (unpaired) electrons. The van der Waals surface area contributed by atoms with Gasteiger partial charge in [0, 0.05) is 29.8 Å². The van der Waals surface area contributed by atoms with E-state index in [0.717, 1.165) is 5.56 Å². The van der Waals surface area contributed by atoms with Crippen LogP contribution in [0.5, 0.6) is 5.75 Å². The molecule has 2 aromatic carbocycles. The van der Waals surface area contributed by atoms with E-state index in [1.165, 1.54) is 12.1 Å². The predicted molar refractivity (Wildman–Crippen MR) is 108 cm³/mol. The molecule has 0 bridgehead atoms. The summed E-state index contributed by atoms with van der Waals surface area (Å²) in [5.74, 6) is -0.00807. The lowest BCUT2D eigenvalue weighted by Gasteiger charge is -2.06. The van der Waals surface area contributed by atoms with Gasteiger partial charge >= 0.3 is 0 Å². The summed E-state index contributed by atoms with van der Waals surface area (Å²) in [6.07, 6.45) is 4.82. The average molecular weight is 388 g/mol. The van der Waals surface area contributed by atoms with Crippen LogP contribution in [0.1, 0.15) is 10.4 Å². The second kappa shape index (κ2) is 7.93. The van der Waals surface area contributed by atoms with E-state index in [9.17, 15) is 9.18 Å². The van der Waals surface area contributed by atoms with Crippen LogP contribution in [0.4, 0.5) is 10.1 Å². The largest absolute Gasteiger partial charge is 0.497 e. The normalized spacial score (nSPS) is 10.6. The number of nitrogens with one attached hydrogen (secondary N) is 1. The van der Waals surface area contributed by atoms with Gasteiger partial charge in [-0.2, -0.15) is 5.10 Å². The van der Waals surface area contributed by atoms with Crippen LogP contribution in [0, 0.1) is 5.82 Å². The zero-order valence-electron chi connectivity index (χ0n) is 15.5. The van der Waals surface area contributed by atoms with Crippen molar-refractivity contribution in [3.05, 3.63) is 90.6 Å². The molecule has 0 atom stereocenters. The standard InChI is InChI=1S/C22H17FN4O2/c1-29-19-4-2-3-15(13-19)21-20(22(28)25-17-9-11-24-12-10-17)14-27(26-21)18-7-5-16(23)6-8-18/h2-14H,1H3,(H,24,25,28). The van der Waals surface area contributed by atoms with Crippen molar-refractivity contribution >= 4 is 11.6 Å². The third-order valence-electron chi connectivity index (χ3n) is 4.33. The molecule has 29 heavy (non-hydrogen) atoms. The highest BCUT2D eigenvalue weighted by atomic mass is 19.1. The van der Waals surface area contributed by atoms with E-state index in [-0.39, 0.29) is 11.7 Å². The first-order valence-corrected chi connectivity index (χ1v) is 8.85. The number of rotatable bonds is 5. The van der Waals surface area contributed by atoms with E-state index in [4.69, 9.17) is 4.74 Å². The molecule has 2 heterocycles. The third kappa shape index (κ3) is 3.98. The fourth-order valence-corrected chi connectivity index (χ4v) is 2.88. The number of methoxy groups -OCH3 is 1. The van der Waals surface area contributed by atoms with Gasteiger partial charge in [-0.05, 0) is 48.5 Å². The molecule has 1 N–H and O–H groups in total. The zero-order chi connectivity index (χ0) is 20.2. The Morgan fingerprint density at radius 2 is 1.83 bits per heavy atom. The number of hydrogen-bond acceptors (Lipinski definition) is 4. The summed E-state index contributed by atoms with van der Waals surface area (Å²) in [6, 6.07) is 16.6. The predicted octanol–water partition coefficient (Wildman–Crippen LogP) is 4.33. The van der Waals surface area contributed by atoms with Crippen LogP contribution in [0.15, 0.2) is 79.3 Å². The molecule has 0 saturated heterocycles. The van der Waals surface area contributed by atoms with Gasteiger partial charge in [0.25, 0.3) is 5.91 Å². The molecule has 7 heteroatoms. The molecule has 4 rings (SSSR count). The second-order valence-corrected chi connectivity index (χ2v) is 6.23. The maximum atomic E-state index is 13.3. The summed E-state index contributed by atoms with van der Waals surface area (Å²) in [7, 11) is 1.58. The van der Waals surface area contributed by atoms with Gasteiger partial charge in [-0.15, -0.1) is 0 Å². The van der Waals surface area contributed by atoms with Gasteiger partial charge in [0.1, 0.15) is 17.3 Å². The third-order valence-corrected chi connectivity index (χ3v) is 4.33. The van der Waals surface area contributed by atoms with Crippen molar-refractivity contribution in [2.45, 2.75) is 0 Å². The minimum absolute atomic E-state index is 0.317. The second-order valence-electron chi connectivity index (χ2n) is 6.23. The fourth-order valence-electron chi connectivity index (χ4n) is 2.88. The number of anilines is 1. The van der Waals surface area contributed by atoms with Gasteiger partial charge in [0.2, 0.25) is 0 Å². The zero-order valence-corrected chi connectivity index (χ0v) is 15.5. The SMILES string of the molecule is COc1cccc(-c2nn(-c3ccc(F)cc3)cc2C(=O)Nc2ccncc2)c1. The first-order valence-electron chi connectivity index (χ1n) is 8.85. The molecule has 6 nitrogen and oxygen atoms in total. The molecular formula is C22H17FN4O2. The molecular weight excluding hydrogens is 371 g/mol. The maximum Gasteiger partial charge on any atom is 0.259 e. The number of nitrogens with zero attached hydrogens (tertiary/aromatic N) is 3. The van der Waals surface area contributed by atoms with Crippen molar-refractivity contribution in [1.29, 1.82) is 0 Å². The molecule has 0 unspecified atom stereocenters. The number of hydrogen-bond donors (Lipinski definition) is 1. The van der Waals surface area contributed by atoms with Gasteiger partial charge in [-0.25, -0.2) is 9.07 Å². The van der Waals surface area contributed by atoms with Crippen LogP contribution in [0.25, 0.3) is 16.9 Å². The van der Waals surface area contributed by atoms with E-state index in [2.05, 4.69) is 15.4 Å². The molecule has 2 aromatic heterocycles. The van der Waals surface area contributed by atoms with E-state index >= 15 is 0 Å². The van der Waals surface area contributed by atoms with E-state index < -0.39 is 0 Å². The quantitative estimate of drug-likeness (QED) is 0.552. The first kappa shape index (κ1) is 18.4. The van der Waals surface area contributed by atoms with Crippen molar-refractivity contribution in [2.24, 2.45) is 0 Å². The van der Waals surface area contributed by atoms with E-state index in [1.807, 2.05) is 18.2 Å². The average Bonchev–Trinajstić information content (AvgIpc) is 3.21. The molecule has 0 aliphatic heterocycles. The van der Waals surface area contributed by atoms with Crippen LogP contribution in [-0.2, 0) is 0 Å². The number of carbonyl (C=O) groups is 1. The highest BCUT2D eigenvalue weighted by Gasteiger charge is 2.19. The van der Waals surface area contributed by atoms with Crippen LogP contribution in [-0.4, -0.2) is 27.8 Å². The molecule has 0 aliphatic carbocycles. The molecule has 0 spiro atoms. The lowest BCUT2D eigenvalue weighted by atomic mass is 10.1. The Morgan fingerprint density at radius 3 is 2.55 bits per heavy atom. The summed E-state index contributed by atoms with van der Waals surface area (Å²) in [5, 5.41) is 7.43. The van der Waals surface area contributed by atoms with Crippen LogP contribution in [0.2, 0.25) is 0 Å². The molecule has 144 valence electrons. The molecule has 0 fully saturated rings. The lowest BCUT2D eigenvalue weighted by molar-refractivity contribution is 0.102. The fraction of sp³-hybridized carbons (Fsp3) is 0.0455. The number of ether oxygens (including phenoxy) is 1. The molecule has 1 amide bonds. The van der Waals surface area contributed by atoms with Crippen molar-refractivity contribution in [3.63, 3.8) is 0 Å². The summed E-state index contributed by atoms with van der Waals surface area (Å²) < 4.78 is 20.1. The van der Waals surface area contributed by atoms with Gasteiger partial charge in [-0.1, -0.05) is 12.1 Å². The van der Waals surface area contributed by atoms with Crippen molar-refractivity contribution in [3.8, 4) is 22.7 Å². The smallest absolute Gasteiger partial charge is 0.259 e. The Bertz CT molecular complexity index is 1140. The van der Waals surface area contributed by atoms with E-state index in [1.54, 1.807) is 60.7 Å². The number of aromatic nitrogens is 3. The highest BCUT2D eigenvalue weighted by Crippen LogP contribution is 2.27. The molecule has 0 aliphatic rings. The van der Waals surface area contributed by atoms with Gasteiger partial charge in [0.15, 0.2) is 0 Å². The summed E-state index contributed by atoms with van der Waals surface area (Å²) in [6.45, 7) is 0. The lowest BCUT2D eigenvalue weighted by Crippen LogP contribution is -2.12. The van der Waals surface area contributed by atoms with Gasteiger partial charge < -0.3 is 10.1 Å². The number of pyridine rings is 1. The molecule has 4 aromatic rings. The Kier molecular flexibility index (Phi) is 5.03. The number of halogens is 1. The minimum Gasteiger partial charge on any atom is -0.497 e. The topological polar surface area (TPSA) is 69.0 Å². The Hall–Kier alpha value is -4.00. The van der Waals surface area contributed by atoms with Crippen LogP contribution in [0.3, 0.4) is 0 Å². The van der Waals surface area contributed by atoms with Crippen molar-refractivity contribution < 1.29 is 13.9 Å². The summed E-state index contributed by atoms with van der Waals surface area (Å²) in [5.41, 5.74) is 2.85. The van der Waals surface area contributed by atoms with Crippen molar-refractivity contribution in [2.75, 3.05) is 12.4 Å². The monoisotopic (exact) mass is 388 g/mol. The number of carbonyl (C=O) groups excluding carboxylic acids is 1. The van der Waals surface area contributed by atoms with E-state index in [0.29, 0.717) is 28.4 Å². The molecule has 0 saturated carbocycles. The van der Waals surface area contributed by atoms with Gasteiger partial charge in [-0.3, -0.25) is 9.78 Å². The number of benzene rings is 2. The maximum absolute atomic E-state index is 13.3. The first-order chi connectivity index (χ1) is 14.1. The van der Waals surface area contributed by atoms with Crippen LogP contribution >= 0.6 is 0 Å².